The number of nitrogens with one attached hydrogen (secondary N) is 1. The van der Waals surface area contributed by atoms with E-state index in [9.17, 15) is 9.59 Å². The number of aromatic amines is 1. The van der Waals surface area contributed by atoms with Gasteiger partial charge in [0, 0.05) is 56.6 Å². The number of likely N-dealkylation sites (tertiary alicyclic amines) is 1. The van der Waals surface area contributed by atoms with Gasteiger partial charge in [-0.15, -0.1) is 0 Å². The summed E-state index contributed by atoms with van der Waals surface area (Å²) in [7, 11) is 0. The zero-order valence-corrected chi connectivity index (χ0v) is 14.8. The molecule has 138 valence electrons. The van der Waals surface area contributed by atoms with E-state index in [2.05, 4.69) is 20.1 Å². The number of carbonyl (C=O) groups excluding carboxylic acids is 1. The maximum absolute atomic E-state index is 12.5. The summed E-state index contributed by atoms with van der Waals surface area (Å²) >= 11 is 0. The van der Waals surface area contributed by atoms with Crippen LogP contribution in [0.15, 0.2) is 53.7 Å². The van der Waals surface area contributed by atoms with Crippen molar-refractivity contribution in [2.24, 2.45) is 0 Å². The van der Waals surface area contributed by atoms with Gasteiger partial charge < -0.3 is 9.88 Å². The summed E-state index contributed by atoms with van der Waals surface area (Å²) in [5.41, 5.74) is 1.01. The van der Waals surface area contributed by atoms with E-state index in [0.29, 0.717) is 43.3 Å². The average molecular weight is 364 g/mol. The topological polar surface area (TPSA) is 96.8 Å². The number of pyridine rings is 1. The second-order valence-corrected chi connectivity index (χ2v) is 6.58. The monoisotopic (exact) mass is 364 g/mol. The van der Waals surface area contributed by atoms with Gasteiger partial charge in [-0.25, -0.2) is 4.98 Å². The molecule has 1 atom stereocenters. The van der Waals surface area contributed by atoms with E-state index in [1.807, 2.05) is 35.4 Å². The molecule has 0 radical (unpaired) electrons. The Morgan fingerprint density at radius 3 is 2.93 bits per heavy atom. The maximum atomic E-state index is 12.5. The minimum Gasteiger partial charge on any atom is -0.342 e. The molecule has 4 rings (SSSR count). The van der Waals surface area contributed by atoms with Crippen molar-refractivity contribution in [3.05, 3.63) is 65.1 Å². The van der Waals surface area contributed by atoms with Crippen molar-refractivity contribution in [1.82, 2.24) is 29.6 Å². The Bertz CT molecular complexity index is 967. The molecule has 0 aliphatic carbocycles. The van der Waals surface area contributed by atoms with Gasteiger partial charge in [-0.05, 0) is 24.6 Å². The largest absolute Gasteiger partial charge is 0.342 e. The average Bonchev–Trinajstić information content (AvgIpc) is 3.38. The third kappa shape index (κ3) is 3.94. The summed E-state index contributed by atoms with van der Waals surface area (Å²) < 4.78 is 1.75. The molecule has 1 N–H and O–H groups in total. The van der Waals surface area contributed by atoms with E-state index in [1.165, 1.54) is 6.07 Å². The van der Waals surface area contributed by atoms with Crippen LogP contribution in [-0.4, -0.2) is 48.6 Å². The number of amides is 1. The quantitative estimate of drug-likeness (QED) is 0.739. The Labute approximate surface area is 155 Å². The molecule has 1 fully saturated rings. The minimum absolute atomic E-state index is 0.0232. The predicted octanol–water partition coefficient (Wildman–Crippen LogP) is 1.43. The van der Waals surface area contributed by atoms with Gasteiger partial charge in [0.15, 0.2) is 0 Å². The summed E-state index contributed by atoms with van der Waals surface area (Å²) in [6.45, 7) is 1.80. The molecule has 0 spiro atoms. The van der Waals surface area contributed by atoms with Crippen LogP contribution in [0.4, 0.5) is 0 Å². The molecular weight excluding hydrogens is 344 g/mol. The van der Waals surface area contributed by atoms with Gasteiger partial charge in [-0.3, -0.25) is 19.3 Å². The van der Waals surface area contributed by atoms with Crippen LogP contribution < -0.4 is 5.56 Å². The number of aromatic nitrogens is 5. The molecule has 1 saturated heterocycles. The first kappa shape index (κ1) is 17.1. The smallest absolute Gasteiger partial charge is 0.251 e. The van der Waals surface area contributed by atoms with Crippen LogP contribution in [0.25, 0.3) is 11.4 Å². The second-order valence-electron chi connectivity index (χ2n) is 6.58. The normalized spacial score (nSPS) is 16.6. The predicted molar refractivity (Wildman–Crippen MR) is 98.9 cm³/mol. The number of hydrogen-bond acceptors (Lipinski definition) is 5. The van der Waals surface area contributed by atoms with Crippen LogP contribution in [-0.2, 0) is 11.3 Å². The molecule has 8 nitrogen and oxygen atoms in total. The first-order chi connectivity index (χ1) is 13.2. The van der Waals surface area contributed by atoms with Crippen LogP contribution in [0, 0.1) is 0 Å². The number of rotatable bonds is 5. The lowest BCUT2D eigenvalue weighted by molar-refractivity contribution is -0.130. The van der Waals surface area contributed by atoms with Gasteiger partial charge in [-0.1, -0.05) is 6.07 Å². The molecule has 0 aromatic carbocycles. The molecule has 1 aliphatic heterocycles. The fraction of sp³-hybridized carbons (Fsp3) is 0.316. The van der Waals surface area contributed by atoms with Crippen LogP contribution in [0.5, 0.6) is 0 Å². The van der Waals surface area contributed by atoms with Crippen molar-refractivity contribution in [1.29, 1.82) is 0 Å². The summed E-state index contributed by atoms with van der Waals surface area (Å²) in [5.74, 6) is 0.733. The molecule has 0 bridgehead atoms. The number of hydrogen-bond donors (Lipinski definition) is 1. The number of aryl methyl sites for hydroxylation is 1. The van der Waals surface area contributed by atoms with E-state index in [1.54, 1.807) is 17.1 Å². The first-order valence-corrected chi connectivity index (χ1v) is 8.97. The minimum atomic E-state index is -0.205. The molecule has 8 heteroatoms. The lowest BCUT2D eigenvalue weighted by Crippen LogP contribution is -2.29. The van der Waals surface area contributed by atoms with Crippen molar-refractivity contribution in [3.8, 4) is 11.4 Å². The Balaban J connectivity index is 1.45. The van der Waals surface area contributed by atoms with Gasteiger partial charge in [-0.2, -0.15) is 5.10 Å². The highest BCUT2D eigenvalue weighted by atomic mass is 16.2. The van der Waals surface area contributed by atoms with E-state index in [0.717, 1.165) is 6.42 Å². The van der Waals surface area contributed by atoms with Crippen LogP contribution >= 0.6 is 0 Å². The van der Waals surface area contributed by atoms with E-state index >= 15 is 0 Å². The summed E-state index contributed by atoms with van der Waals surface area (Å²) in [6, 6.07) is 8.80. The van der Waals surface area contributed by atoms with Gasteiger partial charge in [0.25, 0.3) is 5.56 Å². The van der Waals surface area contributed by atoms with E-state index in [4.69, 9.17) is 0 Å². The molecule has 3 aromatic heterocycles. The van der Waals surface area contributed by atoms with Crippen LogP contribution in [0.3, 0.4) is 0 Å². The van der Waals surface area contributed by atoms with Crippen molar-refractivity contribution in [2.75, 3.05) is 13.1 Å². The molecule has 0 unspecified atom stereocenters. The third-order valence-corrected chi connectivity index (χ3v) is 4.73. The van der Waals surface area contributed by atoms with Crippen molar-refractivity contribution in [2.45, 2.75) is 25.3 Å². The van der Waals surface area contributed by atoms with E-state index < -0.39 is 0 Å². The molecule has 4 heterocycles. The highest BCUT2D eigenvalue weighted by molar-refractivity contribution is 5.76. The zero-order chi connectivity index (χ0) is 18.6. The third-order valence-electron chi connectivity index (χ3n) is 4.73. The highest BCUT2D eigenvalue weighted by Crippen LogP contribution is 2.25. The van der Waals surface area contributed by atoms with Crippen molar-refractivity contribution < 1.29 is 4.79 Å². The van der Waals surface area contributed by atoms with Gasteiger partial charge >= 0.3 is 0 Å². The fourth-order valence-corrected chi connectivity index (χ4v) is 3.33. The first-order valence-electron chi connectivity index (χ1n) is 8.97. The second kappa shape index (κ2) is 7.53. The fourth-order valence-electron chi connectivity index (χ4n) is 3.33. The Hall–Kier alpha value is -3.29. The SMILES string of the molecule is O=C(CCn1cccn1)N1CC[C@@H](c2nc(-c3ccccn3)cc(=O)[nH]2)C1. The van der Waals surface area contributed by atoms with Gasteiger partial charge in [0.1, 0.15) is 5.82 Å². The molecular formula is C19H20N6O2. The number of carbonyl (C=O) groups is 1. The maximum Gasteiger partial charge on any atom is 0.251 e. The summed E-state index contributed by atoms with van der Waals surface area (Å²) in [6.07, 6.45) is 6.41. The number of nitrogens with zero attached hydrogens (tertiary/aromatic N) is 5. The standard InChI is InChI=1S/C19H20N6O2/c26-17-12-16(15-4-1-2-7-20-15)22-19(23-17)14-5-10-24(13-14)18(27)6-11-25-9-3-8-21-25/h1-4,7-9,12,14H,5-6,10-11,13H2,(H,22,23,26)/t14-/m1/s1. The zero-order valence-electron chi connectivity index (χ0n) is 14.8. The van der Waals surface area contributed by atoms with Crippen LogP contribution in [0.2, 0.25) is 0 Å². The molecule has 3 aromatic rings. The van der Waals surface area contributed by atoms with Crippen molar-refractivity contribution >= 4 is 5.91 Å². The molecule has 27 heavy (non-hydrogen) atoms. The lowest BCUT2D eigenvalue weighted by Gasteiger charge is -2.16. The van der Waals surface area contributed by atoms with Gasteiger partial charge in [0.05, 0.1) is 11.4 Å². The molecule has 1 amide bonds. The Morgan fingerprint density at radius 2 is 2.15 bits per heavy atom. The Kier molecular flexibility index (Phi) is 4.78. The summed E-state index contributed by atoms with van der Waals surface area (Å²) in [4.78, 5) is 38.1. The molecule has 0 saturated carbocycles. The van der Waals surface area contributed by atoms with E-state index in [-0.39, 0.29) is 17.4 Å². The van der Waals surface area contributed by atoms with Crippen LogP contribution in [0.1, 0.15) is 24.6 Å². The van der Waals surface area contributed by atoms with Crippen molar-refractivity contribution in [3.63, 3.8) is 0 Å². The lowest BCUT2D eigenvalue weighted by atomic mass is 10.1. The number of H-pyrrole nitrogens is 1. The highest BCUT2D eigenvalue weighted by Gasteiger charge is 2.29. The molecule has 1 aliphatic rings. The van der Waals surface area contributed by atoms with Gasteiger partial charge in [0.2, 0.25) is 5.91 Å². The summed E-state index contributed by atoms with van der Waals surface area (Å²) in [5, 5.41) is 4.12. The Morgan fingerprint density at radius 1 is 1.22 bits per heavy atom.